The Kier molecular flexibility index (Phi) is 29.2. The second kappa shape index (κ2) is 30.9. The first-order chi connectivity index (χ1) is 35.3. The largest absolute Gasteiger partial charge is 0.444 e. The maximum Gasteiger partial charge on any atom is 0.413 e. The summed E-state index contributed by atoms with van der Waals surface area (Å²) in [7, 11) is -0.678. The molecule has 0 fully saturated rings. The molecule has 0 aromatic rings. The van der Waals surface area contributed by atoms with Crippen LogP contribution in [0.1, 0.15) is 216 Å². The minimum atomic E-state index is -3.69. The molecular formula is C56H108N6O15S. The first-order valence-electron chi connectivity index (χ1n) is 28.0. The quantitative estimate of drug-likeness (QED) is 0.0323. The Hall–Kier alpha value is -4.47. The van der Waals surface area contributed by atoms with Gasteiger partial charge in [0.2, 0.25) is 5.79 Å². The molecule has 0 N–H and O–H groups in total. The van der Waals surface area contributed by atoms with Crippen LogP contribution in [-0.2, 0) is 42.7 Å². The van der Waals surface area contributed by atoms with Gasteiger partial charge in [0.1, 0.15) is 39.8 Å². The third kappa shape index (κ3) is 28.1. The third-order valence-electron chi connectivity index (χ3n) is 11.2. The molecule has 0 rings (SSSR count). The number of carbonyl (C=O) groups is 6. The highest BCUT2D eigenvalue weighted by Crippen LogP contribution is 2.41. The van der Waals surface area contributed by atoms with E-state index in [1.165, 1.54) is 36.4 Å². The van der Waals surface area contributed by atoms with Crippen molar-refractivity contribution in [3.05, 3.63) is 0 Å². The fourth-order valence-corrected chi connectivity index (χ4v) is 8.78. The van der Waals surface area contributed by atoms with Crippen LogP contribution in [0, 0.1) is 5.92 Å². The number of hydrogen-bond acceptors (Lipinski definition) is 15. The van der Waals surface area contributed by atoms with Crippen LogP contribution in [0.2, 0.25) is 0 Å². The van der Waals surface area contributed by atoms with Gasteiger partial charge in [-0.05, 0) is 170 Å². The van der Waals surface area contributed by atoms with E-state index in [9.17, 15) is 18.0 Å². The van der Waals surface area contributed by atoms with Crippen LogP contribution in [0.15, 0.2) is 0 Å². The zero-order chi connectivity index (χ0) is 61.1. The average molecular weight is 1140 g/mol. The monoisotopic (exact) mass is 1140 g/mol. The van der Waals surface area contributed by atoms with E-state index in [1.54, 1.807) is 132 Å². The highest BCUT2D eigenvalue weighted by atomic mass is 32.2. The number of rotatable bonds is 27. The second-order valence-electron chi connectivity index (χ2n) is 26.1. The van der Waals surface area contributed by atoms with E-state index in [0.717, 1.165) is 6.26 Å². The Bertz CT molecular complexity index is 2000. The summed E-state index contributed by atoms with van der Waals surface area (Å²) in [6.07, 6.45) is -0.669. The summed E-state index contributed by atoms with van der Waals surface area (Å²) in [5.74, 6) is -3.23. The summed E-state index contributed by atoms with van der Waals surface area (Å²) in [6, 6.07) is 0. The summed E-state index contributed by atoms with van der Waals surface area (Å²) >= 11 is 0. The molecule has 0 heterocycles. The van der Waals surface area contributed by atoms with Gasteiger partial charge in [0.25, 0.3) is 10.1 Å². The van der Waals surface area contributed by atoms with Gasteiger partial charge in [-0.1, -0.05) is 46.5 Å². The maximum atomic E-state index is 15.4. The van der Waals surface area contributed by atoms with E-state index < -0.39 is 98.2 Å². The lowest BCUT2D eigenvalue weighted by molar-refractivity contribution is -0.177. The molecule has 0 spiro atoms. The molecule has 0 radical (unpaired) electrons. The van der Waals surface area contributed by atoms with Gasteiger partial charge in [0, 0.05) is 52.7 Å². The molecule has 22 heteroatoms. The topological polar surface area (TPSA) is 221 Å². The number of amides is 6. The first kappa shape index (κ1) is 73.5. The van der Waals surface area contributed by atoms with E-state index in [2.05, 4.69) is 0 Å². The zero-order valence-corrected chi connectivity index (χ0v) is 53.7. The van der Waals surface area contributed by atoms with Gasteiger partial charge in [0.15, 0.2) is 0 Å². The van der Waals surface area contributed by atoms with Crippen LogP contribution >= 0.6 is 0 Å². The van der Waals surface area contributed by atoms with Crippen molar-refractivity contribution in [2.45, 2.75) is 262 Å². The summed E-state index contributed by atoms with van der Waals surface area (Å²) in [6.45, 7) is 36.5. The lowest BCUT2D eigenvalue weighted by atomic mass is 9.88. The van der Waals surface area contributed by atoms with Crippen molar-refractivity contribution >= 4 is 46.7 Å². The van der Waals surface area contributed by atoms with Crippen molar-refractivity contribution < 1.29 is 69.8 Å². The van der Waals surface area contributed by atoms with Gasteiger partial charge in [-0.2, -0.15) is 8.42 Å². The van der Waals surface area contributed by atoms with E-state index in [4.69, 9.17) is 32.6 Å². The summed E-state index contributed by atoms with van der Waals surface area (Å²) in [4.78, 5) is 97.2. The van der Waals surface area contributed by atoms with Crippen LogP contribution in [0.5, 0.6) is 0 Å². The summed E-state index contributed by atoms with van der Waals surface area (Å²) < 4.78 is 65.2. The number of nitrogens with zero attached hydrogens (tertiary/aromatic N) is 6. The predicted molar refractivity (Wildman–Crippen MR) is 303 cm³/mol. The number of unbranched alkanes of at least 4 members (excludes halogenated alkanes) is 4. The van der Waals surface area contributed by atoms with Gasteiger partial charge in [-0.15, -0.1) is 0 Å². The van der Waals surface area contributed by atoms with Crippen LogP contribution in [0.3, 0.4) is 0 Å². The summed E-state index contributed by atoms with van der Waals surface area (Å²) in [5.41, 5.74) is -5.99. The molecule has 0 aromatic carbocycles. The van der Waals surface area contributed by atoms with Crippen molar-refractivity contribution in [2.24, 2.45) is 5.92 Å². The first-order valence-corrected chi connectivity index (χ1v) is 29.8. The van der Waals surface area contributed by atoms with E-state index in [0.29, 0.717) is 51.4 Å². The minimum Gasteiger partial charge on any atom is -0.444 e. The standard InChI is InChI=1S/C56H108N6O15S/c1-25-28-39-62(49(68)77-55(19,20)21)56(58(23)45(64)73-51(7,8)9,61(37-27-3)48(67)76-54(16,17)18)42(34-31-29-30-32-40-71-78(24,69)70)41-59(46(65)74-52(10,11)12)38-33-35-43(57(22)44(63)72-50(4,5)6)60(36-26-2)47(66)75-53(13,14)15/h42-43H,25-41H2,1-24H3. The van der Waals surface area contributed by atoms with Crippen LogP contribution < -0.4 is 0 Å². The highest BCUT2D eigenvalue weighted by molar-refractivity contribution is 7.85. The fourth-order valence-electron chi connectivity index (χ4n) is 8.36. The molecule has 0 aromatic heterocycles. The summed E-state index contributed by atoms with van der Waals surface area (Å²) in [5, 5.41) is 0. The molecule has 0 saturated heterocycles. The second-order valence-corrected chi connectivity index (χ2v) is 27.7. The lowest BCUT2D eigenvalue weighted by Gasteiger charge is -2.58. The molecule has 3 unspecified atom stereocenters. The molecule has 78 heavy (non-hydrogen) atoms. The van der Waals surface area contributed by atoms with Gasteiger partial charge >= 0.3 is 36.6 Å². The van der Waals surface area contributed by atoms with Gasteiger partial charge in [-0.25, -0.2) is 28.8 Å². The minimum absolute atomic E-state index is 0.0378. The molecule has 6 amide bonds. The third-order valence-corrected chi connectivity index (χ3v) is 11.8. The van der Waals surface area contributed by atoms with Crippen LogP contribution in [-0.4, -0.2) is 180 Å². The van der Waals surface area contributed by atoms with Crippen LogP contribution in [0.25, 0.3) is 0 Å². The Morgan fingerprint density at radius 3 is 1.28 bits per heavy atom. The van der Waals surface area contributed by atoms with Gasteiger partial charge in [0.05, 0.1) is 12.9 Å². The van der Waals surface area contributed by atoms with Crippen molar-refractivity contribution in [3.63, 3.8) is 0 Å². The molecule has 0 aliphatic carbocycles. The molecule has 0 saturated carbocycles. The molecule has 3 atom stereocenters. The Morgan fingerprint density at radius 1 is 0.436 bits per heavy atom. The Balaban J connectivity index is 9.08. The van der Waals surface area contributed by atoms with Crippen molar-refractivity contribution in [1.29, 1.82) is 0 Å². The Labute approximate surface area is 471 Å². The molecular weight excluding hydrogens is 1030 g/mol. The fraction of sp³-hybridized carbons (Fsp3) is 0.893. The number of ether oxygens (including phenoxy) is 6. The Morgan fingerprint density at radius 2 is 0.846 bits per heavy atom. The smallest absolute Gasteiger partial charge is 0.413 e. The SMILES string of the molecule is CCCCN(C(=O)OC(C)(C)C)C(C(CCCCCCOS(C)(=O)=O)CN(CCCC(N(C)C(=O)OC(C)(C)C)N(CCC)C(=O)OC(C)(C)C)C(=O)OC(C)(C)C)(N(C)C(=O)OC(C)(C)C)N(CCC)C(=O)OC(C)(C)C. The molecule has 458 valence electrons. The predicted octanol–water partition coefficient (Wildman–Crippen LogP) is 12.6. The van der Waals surface area contributed by atoms with E-state index >= 15 is 19.2 Å². The maximum absolute atomic E-state index is 15.4. The molecule has 0 aliphatic heterocycles. The average Bonchev–Trinajstić information content (AvgIpc) is 3.22. The molecule has 0 bridgehead atoms. The number of carbonyl (C=O) groups excluding carboxylic acids is 6. The highest BCUT2D eigenvalue weighted by Gasteiger charge is 2.60. The van der Waals surface area contributed by atoms with Gasteiger partial charge < -0.3 is 33.3 Å². The van der Waals surface area contributed by atoms with E-state index in [1.807, 2.05) is 20.8 Å². The molecule has 0 aliphatic rings. The van der Waals surface area contributed by atoms with Crippen molar-refractivity contribution in [2.75, 3.05) is 59.7 Å². The van der Waals surface area contributed by atoms with E-state index in [-0.39, 0.29) is 58.6 Å². The lowest BCUT2D eigenvalue weighted by Crippen LogP contribution is -2.77. The van der Waals surface area contributed by atoms with Gasteiger partial charge in [-0.3, -0.25) is 28.7 Å². The zero-order valence-electron chi connectivity index (χ0n) is 52.9. The van der Waals surface area contributed by atoms with Crippen LogP contribution in [0.4, 0.5) is 28.8 Å². The molecule has 21 nitrogen and oxygen atoms in total. The van der Waals surface area contributed by atoms with Crippen molar-refractivity contribution in [3.8, 4) is 0 Å². The van der Waals surface area contributed by atoms with Crippen molar-refractivity contribution in [1.82, 2.24) is 29.4 Å². The number of hydrogen-bond donors (Lipinski definition) is 0. The normalized spacial score (nSPS) is 14.2.